The van der Waals surface area contributed by atoms with Crippen LogP contribution in [0.1, 0.15) is 47.4 Å². The average molecular weight is 223 g/mol. The van der Waals surface area contributed by atoms with Crippen molar-refractivity contribution in [3.8, 4) is 0 Å². The molecule has 0 atom stereocenters. The van der Waals surface area contributed by atoms with Crippen LogP contribution in [-0.2, 0) is 5.41 Å². The molecule has 84 valence electrons. The van der Waals surface area contributed by atoms with Gasteiger partial charge in [0.1, 0.15) is 0 Å². The molecule has 0 aromatic carbocycles. The number of hydrogen-bond acceptors (Lipinski definition) is 2. The fourth-order valence-corrected chi connectivity index (χ4v) is 4.01. The van der Waals surface area contributed by atoms with Gasteiger partial charge in [0.15, 0.2) is 0 Å². The molecule has 2 heteroatoms. The van der Waals surface area contributed by atoms with Gasteiger partial charge in [-0.2, -0.15) is 0 Å². The smallest absolute Gasteiger partial charge is 0.00865 e. The summed E-state index contributed by atoms with van der Waals surface area (Å²) < 4.78 is 0. The Morgan fingerprint density at radius 1 is 1.27 bits per heavy atom. The minimum absolute atomic E-state index is 0.313. The van der Waals surface area contributed by atoms with Gasteiger partial charge in [-0.25, -0.2) is 0 Å². The van der Waals surface area contributed by atoms with Gasteiger partial charge < -0.3 is 5.73 Å². The van der Waals surface area contributed by atoms with Crippen LogP contribution in [0.5, 0.6) is 0 Å². The predicted molar refractivity (Wildman–Crippen MR) is 67.6 cm³/mol. The standard InChI is InChI=1S/C13H21NS/c1-10-8-12(11(2)15-10)13(9-14)6-4-3-5-7-13/h8H,3-7,9,14H2,1-2H3. The highest BCUT2D eigenvalue weighted by molar-refractivity contribution is 7.12. The molecule has 1 heterocycles. The highest BCUT2D eigenvalue weighted by atomic mass is 32.1. The van der Waals surface area contributed by atoms with Gasteiger partial charge in [-0.3, -0.25) is 0 Å². The molecule has 1 aliphatic rings. The van der Waals surface area contributed by atoms with Crippen molar-refractivity contribution in [3.05, 3.63) is 21.4 Å². The van der Waals surface area contributed by atoms with E-state index in [0.29, 0.717) is 5.41 Å². The summed E-state index contributed by atoms with van der Waals surface area (Å²) in [5.74, 6) is 0. The maximum absolute atomic E-state index is 6.05. The topological polar surface area (TPSA) is 26.0 Å². The van der Waals surface area contributed by atoms with E-state index in [1.54, 1.807) is 5.56 Å². The molecule has 0 amide bonds. The molecule has 2 rings (SSSR count). The summed E-state index contributed by atoms with van der Waals surface area (Å²) in [5.41, 5.74) is 7.91. The van der Waals surface area contributed by atoms with Crippen molar-refractivity contribution in [2.24, 2.45) is 5.73 Å². The third kappa shape index (κ3) is 1.98. The minimum Gasteiger partial charge on any atom is -0.330 e. The molecule has 2 N–H and O–H groups in total. The average Bonchev–Trinajstić information content (AvgIpc) is 2.59. The Morgan fingerprint density at radius 2 is 1.93 bits per heavy atom. The van der Waals surface area contributed by atoms with Gasteiger partial charge in [0, 0.05) is 21.7 Å². The molecule has 15 heavy (non-hydrogen) atoms. The van der Waals surface area contributed by atoms with Crippen LogP contribution in [0.25, 0.3) is 0 Å². The van der Waals surface area contributed by atoms with Gasteiger partial charge in [-0.1, -0.05) is 19.3 Å². The van der Waals surface area contributed by atoms with Crippen LogP contribution in [0.15, 0.2) is 6.07 Å². The summed E-state index contributed by atoms with van der Waals surface area (Å²) in [4.78, 5) is 2.92. The molecule has 1 nitrogen and oxygen atoms in total. The van der Waals surface area contributed by atoms with Crippen molar-refractivity contribution < 1.29 is 0 Å². The summed E-state index contributed by atoms with van der Waals surface area (Å²) in [6.45, 7) is 5.28. The largest absolute Gasteiger partial charge is 0.330 e. The monoisotopic (exact) mass is 223 g/mol. The Hall–Kier alpha value is -0.340. The Kier molecular flexibility index (Phi) is 3.17. The zero-order valence-corrected chi connectivity index (χ0v) is 10.6. The van der Waals surface area contributed by atoms with Crippen molar-refractivity contribution in [3.63, 3.8) is 0 Å². The SMILES string of the molecule is Cc1cc(C2(CN)CCCCC2)c(C)s1. The van der Waals surface area contributed by atoms with Crippen LogP contribution in [0.4, 0.5) is 0 Å². The van der Waals surface area contributed by atoms with Crippen molar-refractivity contribution in [1.82, 2.24) is 0 Å². The molecular weight excluding hydrogens is 202 g/mol. The van der Waals surface area contributed by atoms with E-state index in [-0.39, 0.29) is 0 Å². The highest BCUT2D eigenvalue weighted by Gasteiger charge is 2.34. The van der Waals surface area contributed by atoms with E-state index < -0.39 is 0 Å². The molecule has 1 aliphatic carbocycles. The van der Waals surface area contributed by atoms with Crippen LogP contribution >= 0.6 is 11.3 Å². The van der Waals surface area contributed by atoms with Gasteiger partial charge in [0.2, 0.25) is 0 Å². The molecule has 0 saturated heterocycles. The van der Waals surface area contributed by atoms with Gasteiger partial charge in [0.05, 0.1) is 0 Å². The van der Waals surface area contributed by atoms with E-state index in [2.05, 4.69) is 19.9 Å². The Bertz CT molecular complexity index is 334. The third-order valence-electron chi connectivity index (χ3n) is 3.81. The molecule has 0 aliphatic heterocycles. The maximum atomic E-state index is 6.05. The Morgan fingerprint density at radius 3 is 2.40 bits per heavy atom. The fourth-order valence-electron chi connectivity index (χ4n) is 2.97. The zero-order chi connectivity index (χ0) is 10.9. The Balaban J connectivity index is 2.36. The minimum atomic E-state index is 0.313. The lowest BCUT2D eigenvalue weighted by Crippen LogP contribution is -2.37. The van der Waals surface area contributed by atoms with Crippen molar-refractivity contribution >= 4 is 11.3 Å². The van der Waals surface area contributed by atoms with Crippen LogP contribution in [0.2, 0.25) is 0 Å². The second kappa shape index (κ2) is 4.26. The molecule has 0 radical (unpaired) electrons. The molecule has 0 bridgehead atoms. The summed E-state index contributed by atoms with van der Waals surface area (Å²) in [5, 5.41) is 0. The zero-order valence-electron chi connectivity index (χ0n) is 9.81. The fraction of sp³-hybridized carbons (Fsp3) is 0.692. The maximum Gasteiger partial charge on any atom is 0.00865 e. The Labute approximate surface area is 96.7 Å². The van der Waals surface area contributed by atoms with Gasteiger partial charge in [-0.05, 0) is 38.3 Å². The van der Waals surface area contributed by atoms with Crippen LogP contribution < -0.4 is 5.73 Å². The first-order valence-electron chi connectivity index (χ1n) is 5.95. The molecular formula is C13H21NS. The molecule has 0 unspecified atom stereocenters. The molecule has 1 saturated carbocycles. The highest BCUT2D eigenvalue weighted by Crippen LogP contribution is 2.42. The summed E-state index contributed by atoms with van der Waals surface area (Å²) in [6, 6.07) is 2.37. The number of nitrogens with two attached hydrogens (primary N) is 1. The normalized spacial score (nSPS) is 20.5. The molecule has 1 aromatic rings. The quantitative estimate of drug-likeness (QED) is 0.815. The van der Waals surface area contributed by atoms with Crippen LogP contribution in [0.3, 0.4) is 0 Å². The lowest BCUT2D eigenvalue weighted by molar-refractivity contribution is 0.300. The van der Waals surface area contributed by atoms with E-state index in [1.165, 1.54) is 41.9 Å². The summed E-state index contributed by atoms with van der Waals surface area (Å²) in [6.07, 6.45) is 6.68. The van der Waals surface area contributed by atoms with Crippen molar-refractivity contribution in [2.75, 3.05) is 6.54 Å². The molecule has 0 spiro atoms. The van der Waals surface area contributed by atoms with Crippen molar-refractivity contribution in [2.45, 2.75) is 51.4 Å². The number of rotatable bonds is 2. The van der Waals surface area contributed by atoms with Crippen LogP contribution in [-0.4, -0.2) is 6.54 Å². The molecule has 1 fully saturated rings. The van der Waals surface area contributed by atoms with E-state index in [0.717, 1.165) is 6.54 Å². The molecule has 1 aromatic heterocycles. The number of thiophene rings is 1. The van der Waals surface area contributed by atoms with E-state index in [1.807, 2.05) is 11.3 Å². The second-order valence-corrected chi connectivity index (χ2v) is 6.33. The number of aryl methyl sites for hydroxylation is 2. The first kappa shape index (κ1) is 11.2. The van der Waals surface area contributed by atoms with E-state index in [9.17, 15) is 0 Å². The predicted octanol–water partition coefficient (Wildman–Crippen LogP) is 3.53. The van der Waals surface area contributed by atoms with Gasteiger partial charge in [-0.15, -0.1) is 11.3 Å². The van der Waals surface area contributed by atoms with Gasteiger partial charge >= 0.3 is 0 Å². The van der Waals surface area contributed by atoms with E-state index in [4.69, 9.17) is 5.73 Å². The van der Waals surface area contributed by atoms with Crippen molar-refractivity contribution in [1.29, 1.82) is 0 Å². The first-order chi connectivity index (χ1) is 7.18. The first-order valence-corrected chi connectivity index (χ1v) is 6.77. The van der Waals surface area contributed by atoms with Gasteiger partial charge in [0.25, 0.3) is 0 Å². The summed E-state index contributed by atoms with van der Waals surface area (Å²) in [7, 11) is 0. The number of hydrogen-bond donors (Lipinski definition) is 1. The summed E-state index contributed by atoms with van der Waals surface area (Å²) >= 11 is 1.92. The van der Waals surface area contributed by atoms with E-state index >= 15 is 0 Å². The second-order valence-electron chi connectivity index (χ2n) is 4.87. The third-order valence-corrected chi connectivity index (χ3v) is 4.78. The lowest BCUT2D eigenvalue weighted by atomic mass is 9.69. The van der Waals surface area contributed by atoms with Crippen LogP contribution in [0, 0.1) is 13.8 Å². The lowest BCUT2D eigenvalue weighted by Gasteiger charge is -2.36.